The molecule has 0 saturated heterocycles. The van der Waals surface area contributed by atoms with Crippen LogP contribution in [0.25, 0.3) is 22.2 Å². The Balaban J connectivity index is 1.42. The minimum absolute atomic E-state index is 0.0576. The molecule has 5 heteroatoms. The van der Waals surface area contributed by atoms with Gasteiger partial charge in [0.25, 0.3) is 0 Å². The average Bonchev–Trinajstić information content (AvgIpc) is 3.12. The molecule has 27 heavy (non-hydrogen) atoms. The van der Waals surface area contributed by atoms with Gasteiger partial charge in [0.2, 0.25) is 0 Å². The predicted octanol–water partition coefficient (Wildman–Crippen LogP) is 4.13. The number of ether oxygens (including phenoxy) is 1. The number of carbonyl (C=O) groups is 1. The molecule has 0 amide bonds. The van der Waals surface area contributed by atoms with Crippen LogP contribution in [0.15, 0.2) is 78.9 Å². The summed E-state index contributed by atoms with van der Waals surface area (Å²) in [5.41, 5.74) is 3.86. The van der Waals surface area contributed by atoms with Crippen LogP contribution >= 0.6 is 0 Å². The zero-order valence-electron chi connectivity index (χ0n) is 14.9. The molecule has 0 bridgehead atoms. The largest absolute Gasteiger partial charge is 0.483 e. The molecule has 3 aromatic carbocycles. The number of rotatable bonds is 6. The zero-order chi connectivity index (χ0) is 18.6. The highest BCUT2D eigenvalue weighted by atomic mass is 16.5. The summed E-state index contributed by atoms with van der Waals surface area (Å²) in [5, 5.41) is 8.13. The third-order valence-corrected chi connectivity index (χ3v) is 4.45. The van der Waals surface area contributed by atoms with Crippen molar-refractivity contribution in [1.29, 1.82) is 0 Å². The van der Waals surface area contributed by atoms with E-state index in [0.29, 0.717) is 5.75 Å². The van der Waals surface area contributed by atoms with E-state index in [-0.39, 0.29) is 12.3 Å². The maximum atomic E-state index is 12.5. The first kappa shape index (κ1) is 17.0. The maximum absolute atomic E-state index is 12.5. The van der Waals surface area contributed by atoms with Gasteiger partial charge < -0.3 is 4.74 Å². The number of hydrogen-bond donors (Lipinski definition) is 0. The number of hydrogen-bond acceptors (Lipinski definition) is 4. The summed E-state index contributed by atoms with van der Waals surface area (Å²) >= 11 is 0. The summed E-state index contributed by atoms with van der Waals surface area (Å²) in [4.78, 5) is 12.5. The summed E-state index contributed by atoms with van der Waals surface area (Å²) in [6, 6.07) is 25.5. The lowest BCUT2D eigenvalue weighted by molar-refractivity contribution is -0.125. The molecular weight excluding hydrogens is 338 g/mol. The first-order valence-electron chi connectivity index (χ1n) is 8.84. The van der Waals surface area contributed by atoms with Crippen LogP contribution in [0.5, 0.6) is 5.75 Å². The first-order valence-corrected chi connectivity index (χ1v) is 8.84. The Bertz CT molecular complexity index is 1060. The topological polar surface area (TPSA) is 57.0 Å². The number of para-hydroxylation sites is 1. The average molecular weight is 357 g/mol. The minimum atomic E-state index is -0.574. The fourth-order valence-corrected chi connectivity index (χ4v) is 2.94. The van der Waals surface area contributed by atoms with Crippen LogP contribution in [-0.4, -0.2) is 26.9 Å². The van der Waals surface area contributed by atoms with E-state index < -0.39 is 6.10 Å². The normalized spacial score (nSPS) is 12.0. The molecule has 4 rings (SSSR count). The summed E-state index contributed by atoms with van der Waals surface area (Å²) in [6.07, 6.45) is -0.574. The second-order valence-corrected chi connectivity index (χ2v) is 6.35. The highest BCUT2D eigenvalue weighted by Crippen LogP contribution is 2.22. The minimum Gasteiger partial charge on any atom is -0.483 e. The van der Waals surface area contributed by atoms with Crippen molar-refractivity contribution in [2.45, 2.75) is 19.6 Å². The van der Waals surface area contributed by atoms with E-state index >= 15 is 0 Å². The van der Waals surface area contributed by atoms with Gasteiger partial charge in [0, 0.05) is 0 Å². The second-order valence-electron chi connectivity index (χ2n) is 6.35. The predicted molar refractivity (Wildman–Crippen MR) is 105 cm³/mol. The van der Waals surface area contributed by atoms with Gasteiger partial charge in [-0.3, -0.25) is 4.79 Å². The van der Waals surface area contributed by atoms with Gasteiger partial charge in [-0.25, -0.2) is 4.68 Å². The van der Waals surface area contributed by atoms with Crippen molar-refractivity contribution in [3.63, 3.8) is 0 Å². The van der Waals surface area contributed by atoms with Crippen LogP contribution in [0.2, 0.25) is 0 Å². The lowest BCUT2D eigenvalue weighted by Gasteiger charge is -2.14. The number of ketones is 1. The van der Waals surface area contributed by atoms with Crippen LogP contribution in [0, 0.1) is 0 Å². The summed E-state index contributed by atoms with van der Waals surface area (Å²) in [7, 11) is 0. The van der Waals surface area contributed by atoms with Crippen LogP contribution in [-0.2, 0) is 11.3 Å². The first-order chi connectivity index (χ1) is 13.2. The Kier molecular flexibility index (Phi) is 4.66. The lowest BCUT2D eigenvalue weighted by atomic mass is 10.1. The molecular formula is C22H19N3O2. The van der Waals surface area contributed by atoms with Crippen LogP contribution < -0.4 is 4.74 Å². The van der Waals surface area contributed by atoms with Gasteiger partial charge in [-0.1, -0.05) is 59.8 Å². The number of carbonyl (C=O) groups excluding carboxylic acids is 1. The zero-order valence-corrected chi connectivity index (χ0v) is 14.9. The number of aromatic nitrogens is 3. The van der Waals surface area contributed by atoms with Crippen molar-refractivity contribution in [1.82, 2.24) is 15.0 Å². The Morgan fingerprint density at radius 3 is 2.37 bits per heavy atom. The summed E-state index contributed by atoms with van der Waals surface area (Å²) in [5.74, 6) is 0.608. The van der Waals surface area contributed by atoms with Gasteiger partial charge >= 0.3 is 0 Å². The Morgan fingerprint density at radius 1 is 0.926 bits per heavy atom. The molecule has 4 aromatic rings. The van der Waals surface area contributed by atoms with E-state index in [1.807, 2.05) is 66.7 Å². The second kappa shape index (κ2) is 7.41. The lowest BCUT2D eigenvalue weighted by Crippen LogP contribution is -2.28. The van der Waals surface area contributed by atoms with Crippen molar-refractivity contribution in [2.75, 3.05) is 0 Å². The molecule has 134 valence electrons. The van der Waals surface area contributed by atoms with Gasteiger partial charge in [-0.2, -0.15) is 0 Å². The molecule has 0 fully saturated rings. The number of Topliss-reactive ketones (excluding diaryl/α,β-unsaturated/α-hetero) is 1. The van der Waals surface area contributed by atoms with E-state index in [1.54, 1.807) is 11.6 Å². The van der Waals surface area contributed by atoms with Crippen molar-refractivity contribution >= 4 is 16.8 Å². The molecule has 0 aliphatic rings. The summed E-state index contributed by atoms with van der Waals surface area (Å²) < 4.78 is 7.42. The molecule has 1 atom stereocenters. The number of nitrogens with zero attached hydrogens (tertiary/aromatic N) is 3. The third kappa shape index (κ3) is 3.72. The fraction of sp³-hybridized carbons (Fsp3) is 0.136. The third-order valence-electron chi connectivity index (χ3n) is 4.45. The van der Waals surface area contributed by atoms with E-state index in [4.69, 9.17) is 4.74 Å². The van der Waals surface area contributed by atoms with Gasteiger partial charge in [-0.15, -0.1) is 5.10 Å². The quantitative estimate of drug-likeness (QED) is 0.520. The monoisotopic (exact) mass is 357 g/mol. The van der Waals surface area contributed by atoms with E-state index in [9.17, 15) is 4.79 Å². The summed E-state index contributed by atoms with van der Waals surface area (Å²) in [6.45, 7) is 1.89. The van der Waals surface area contributed by atoms with Gasteiger partial charge in [-0.05, 0) is 42.3 Å². The maximum Gasteiger partial charge on any atom is 0.194 e. The molecule has 0 aliphatic carbocycles. The smallest absolute Gasteiger partial charge is 0.194 e. The molecule has 0 radical (unpaired) electrons. The Morgan fingerprint density at radius 2 is 1.59 bits per heavy atom. The molecule has 1 aromatic heterocycles. The van der Waals surface area contributed by atoms with Crippen LogP contribution in [0.1, 0.15) is 6.92 Å². The fourth-order valence-electron chi connectivity index (χ4n) is 2.94. The molecule has 1 heterocycles. The highest BCUT2D eigenvalue weighted by molar-refractivity contribution is 5.84. The van der Waals surface area contributed by atoms with Gasteiger partial charge in [0.05, 0.1) is 5.52 Å². The number of benzene rings is 3. The van der Waals surface area contributed by atoms with Crippen molar-refractivity contribution in [2.24, 2.45) is 0 Å². The Hall–Kier alpha value is -3.47. The molecule has 0 N–H and O–H groups in total. The SMILES string of the molecule is C[C@@H](Oc1ccc(-c2ccccc2)cc1)C(=O)Cn1nnc2ccccc21. The molecule has 0 saturated carbocycles. The van der Waals surface area contributed by atoms with Gasteiger partial charge in [0.15, 0.2) is 11.9 Å². The molecule has 0 aliphatic heterocycles. The standard InChI is InChI=1S/C22H19N3O2/c1-16(22(26)15-25-21-10-6-5-9-20(21)23-24-25)27-19-13-11-18(12-14-19)17-7-3-2-4-8-17/h2-14,16H,15H2,1H3/t16-/m1/s1. The number of fused-ring (bicyclic) bond motifs is 1. The molecule has 5 nitrogen and oxygen atoms in total. The van der Waals surface area contributed by atoms with E-state index in [1.165, 1.54) is 0 Å². The van der Waals surface area contributed by atoms with Crippen LogP contribution in [0.4, 0.5) is 0 Å². The van der Waals surface area contributed by atoms with Crippen molar-refractivity contribution in [3.8, 4) is 16.9 Å². The van der Waals surface area contributed by atoms with Gasteiger partial charge in [0.1, 0.15) is 17.8 Å². The molecule has 0 spiro atoms. The Labute approximate surface area is 157 Å². The van der Waals surface area contributed by atoms with Crippen LogP contribution in [0.3, 0.4) is 0 Å². The van der Waals surface area contributed by atoms with Crippen molar-refractivity contribution < 1.29 is 9.53 Å². The van der Waals surface area contributed by atoms with Crippen molar-refractivity contribution in [3.05, 3.63) is 78.9 Å². The highest BCUT2D eigenvalue weighted by Gasteiger charge is 2.17. The van der Waals surface area contributed by atoms with E-state index in [2.05, 4.69) is 22.4 Å². The molecule has 0 unspecified atom stereocenters. The van der Waals surface area contributed by atoms with E-state index in [0.717, 1.165) is 22.2 Å².